The first-order valence-electron chi connectivity index (χ1n) is 6.02. The Morgan fingerprint density at radius 3 is 2.07 bits per heavy atom. The van der Waals surface area contributed by atoms with Crippen LogP contribution in [0.25, 0.3) is 0 Å². The van der Waals surface area contributed by atoms with Gasteiger partial charge in [0.25, 0.3) is 0 Å². The lowest BCUT2D eigenvalue weighted by Crippen LogP contribution is -2.42. The predicted molar refractivity (Wildman–Crippen MR) is 66.2 cm³/mol. The van der Waals surface area contributed by atoms with E-state index in [1.54, 1.807) is 0 Å². The molecule has 0 rings (SSSR count). The van der Waals surface area contributed by atoms with E-state index in [1.807, 2.05) is 0 Å². The highest BCUT2D eigenvalue weighted by atomic mass is 35.5. The van der Waals surface area contributed by atoms with Gasteiger partial charge in [0.2, 0.25) is 0 Å². The first-order valence-corrected chi connectivity index (χ1v) is 6.56. The SMILES string of the molecule is CCCC(C)N(CCCl)C(CC)CC. The number of halogens is 1. The van der Waals surface area contributed by atoms with E-state index < -0.39 is 0 Å². The number of hydrogen-bond donors (Lipinski definition) is 0. The first-order chi connectivity index (χ1) is 6.71. The van der Waals surface area contributed by atoms with Crippen molar-refractivity contribution in [3.05, 3.63) is 0 Å². The predicted octanol–water partition coefficient (Wildman–Crippen LogP) is 3.90. The maximum absolute atomic E-state index is 5.86. The van der Waals surface area contributed by atoms with Gasteiger partial charge in [-0.15, -0.1) is 11.6 Å². The zero-order valence-corrected chi connectivity index (χ0v) is 11.0. The maximum Gasteiger partial charge on any atom is 0.0351 e. The van der Waals surface area contributed by atoms with Crippen molar-refractivity contribution in [2.75, 3.05) is 12.4 Å². The summed E-state index contributed by atoms with van der Waals surface area (Å²) in [5.74, 6) is 0.755. The van der Waals surface area contributed by atoms with Crippen LogP contribution in [0.5, 0.6) is 0 Å². The van der Waals surface area contributed by atoms with Crippen LogP contribution in [0.1, 0.15) is 53.4 Å². The molecule has 0 aliphatic heterocycles. The van der Waals surface area contributed by atoms with Gasteiger partial charge in [-0.25, -0.2) is 0 Å². The molecule has 1 nitrogen and oxygen atoms in total. The average Bonchev–Trinajstić information content (AvgIpc) is 2.18. The summed E-state index contributed by atoms with van der Waals surface area (Å²) in [5.41, 5.74) is 0. The largest absolute Gasteiger partial charge is 0.297 e. The van der Waals surface area contributed by atoms with Crippen molar-refractivity contribution in [2.24, 2.45) is 0 Å². The van der Waals surface area contributed by atoms with E-state index in [9.17, 15) is 0 Å². The Kier molecular flexibility index (Phi) is 8.70. The van der Waals surface area contributed by atoms with E-state index >= 15 is 0 Å². The molecule has 0 aromatic rings. The Bertz CT molecular complexity index is 123. The molecule has 0 saturated carbocycles. The fraction of sp³-hybridized carbons (Fsp3) is 1.00. The van der Waals surface area contributed by atoms with Crippen molar-refractivity contribution in [1.82, 2.24) is 4.90 Å². The van der Waals surface area contributed by atoms with Crippen LogP contribution >= 0.6 is 11.6 Å². The molecule has 0 amide bonds. The summed E-state index contributed by atoms with van der Waals surface area (Å²) >= 11 is 5.86. The second kappa shape index (κ2) is 8.55. The summed E-state index contributed by atoms with van der Waals surface area (Å²) in [4.78, 5) is 2.58. The molecule has 0 aromatic carbocycles. The van der Waals surface area contributed by atoms with Gasteiger partial charge in [0.05, 0.1) is 0 Å². The van der Waals surface area contributed by atoms with Crippen LogP contribution in [-0.4, -0.2) is 29.4 Å². The third-order valence-corrected chi connectivity index (χ3v) is 3.20. The van der Waals surface area contributed by atoms with E-state index in [-0.39, 0.29) is 0 Å². The zero-order valence-electron chi connectivity index (χ0n) is 10.2. The van der Waals surface area contributed by atoms with Crippen molar-refractivity contribution in [3.63, 3.8) is 0 Å². The molecule has 0 saturated heterocycles. The molecular weight excluding hydrogens is 194 g/mol. The first kappa shape index (κ1) is 14.2. The van der Waals surface area contributed by atoms with Crippen LogP contribution in [0.3, 0.4) is 0 Å². The highest BCUT2D eigenvalue weighted by Crippen LogP contribution is 2.15. The number of hydrogen-bond acceptors (Lipinski definition) is 1. The summed E-state index contributed by atoms with van der Waals surface area (Å²) in [6.07, 6.45) is 5.02. The summed E-state index contributed by atoms with van der Waals surface area (Å²) in [6.45, 7) is 10.2. The monoisotopic (exact) mass is 219 g/mol. The van der Waals surface area contributed by atoms with Gasteiger partial charge in [-0.2, -0.15) is 0 Å². The molecule has 14 heavy (non-hydrogen) atoms. The van der Waals surface area contributed by atoms with Crippen LogP contribution in [-0.2, 0) is 0 Å². The van der Waals surface area contributed by atoms with Gasteiger partial charge in [0.15, 0.2) is 0 Å². The van der Waals surface area contributed by atoms with Crippen molar-refractivity contribution in [1.29, 1.82) is 0 Å². The standard InChI is InChI=1S/C12H26ClN/c1-5-8-11(4)14(10-9-13)12(6-2)7-3/h11-12H,5-10H2,1-4H3. The fourth-order valence-corrected chi connectivity index (χ4v) is 2.40. The van der Waals surface area contributed by atoms with Gasteiger partial charge in [0.1, 0.15) is 0 Å². The minimum absolute atomic E-state index is 0.684. The lowest BCUT2D eigenvalue weighted by molar-refractivity contribution is 0.137. The second-order valence-corrected chi connectivity index (χ2v) is 4.41. The number of alkyl halides is 1. The van der Waals surface area contributed by atoms with E-state index in [0.29, 0.717) is 6.04 Å². The molecule has 0 bridgehead atoms. The third kappa shape index (κ3) is 4.65. The Morgan fingerprint density at radius 1 is 1.14 bits per heavy atom. The number of nitrogens with zero attached hydrogens (tertiary/aromatic N) is 1. The minimum Gasteiger partial charge on any atom is -0.297 e. The highest BCUT2D eigenvalue weighted by Gasteiger charge is 2.19. The van der Waals surface area contributed by atoms with E-state index in [4.69, 9.17) is 11.6 Å². The van der Waals surface area contributed by atoms with Gasteiger partial charge in [0, 0.05) is 24.5 Å². The van der Waals surface area contributed by atoms with Crippen LogP contribution < -0.4 is 0 Å². The van der Waals surface area contributed by atoms with Gasteiger partial charge < -0.3 is 0 Å². The molecular formula is C12H26ClN. The van der Waals surface area contributed by atoms with Crippen LogP contribution in [0.4, 0.5) is 0 Å². The number of rotatable bonds is 8. The molecule has 0 aliphatic rings. The lowest BCUT2D eigenvalue weighted by Gasteiger charge is -2.35. The fourth-order valence-electron chi connectivity index (χ4n) is 2.20. The van der Waals surface area contributed by atoms with E-state index in [0.717, 1.165) is 18.5 Å². The molecule has 0 N–H and O–H groups in total. The minimum atomic E-state index is 0.684. The average molecular weight is 220 g/mol. The van der Waals surface area contributed by atoms with E-state index in [1.165, 1.54) is 25.7 Å². The Balaban J connectivity index is 4.23. The van der Waals surface area contributed by atoms with Gasteiger partial charge in [-0.05, 0) is 26.2 Å². The van der Waals surface area contributed by atoms with E-state index in [2.05, 4.69) is 32.6 Å². The van der Waals surface area contributed by atoms with Crippen LogP contribution in [0.2, 0.25) is 0 Å². The molecule has 0 fully saturated rings. The van der Waals surface area contributed by atoms with Crippen molar-refractivity contribution >= 4 is 11.6 Å². The van der Waals surface area contributed by atoms with Gasteiger partial charge in [-0.3, -0.25) is 4.90 Å². The molecule has 86 valence electrons. The molecule has 1 atom stereocenters. The Labute approximate surface area is 94.8 Å². The summed E-state index contributed by atoms with van der Waals surface area (Å²) in [7, 11) is 0. The molecule has 2 heteroatoms. The second-order valence-electron chi connectivity index (χ2n) is 4.03. The molecule has 0 heterocycles. The summed E-state index contributed by atoms with van der Waals surface area (Å²) < 4.78 is 0. The zero-order chi connectivity index (χ0) is 11.0. The van der Waals surface area contributed by atoms with Gasteiger partial charge >= 0.3 is 0 Å². The third-order valence-electron chi connectivity index (χ3n) is 3.03. The molecule has 1 unspecified atom stereocenters. The molecule has 0 aromatic heterocycles. The lowest BCUT2D eigenvalue weighted by atomic mass is 10.1. The molecule has 0 aliphatic carbocycles. The summed E-state index contributed by atoms with van der Waals surface area (Å²) in [6, 6.07) is 1.40. The van der Waals surface area contributed by atoms with Crippen molar-refractivity contribution in [3.8, 4) is 0 Å². The topological polar surface area (TPSA) is 3.24 Å². The quantitative estimate of drug-likeness (QED) is 0.560. The molecule has 0 spiro atoms. The maximum atomic E-state index is 5.86. The highest BCUT2D eigenvalue weighted by molar-refractivity contribution is 6.18. The summed E-state index contributed by atoms with van der Waals surface area (Å²) in [5, 5.41) is 0. The molecule has 0 radical (unpaired) electrons. The van der Waals surface area contributed by atoms with Crippen molar-refractivity contribution in [2.45, 2.75) is 65.5 Å². The van der Waals surface area contributed by atoms with Crippen molar-refractivity contribution < 1.29 is 0 Å². The van der Waals surface area contributed by atoms with Gasteiger partial charge in [-0.1, -0.05) is 27.2 Å². The smallest absolute Gasteiger partial charge is 0.0351 e. The normalized spacial score (nSPS) is 13.9. The van der Waals surface area contributed by atoms with Crippen LogP contribution in [0, 0.1) is 0 Å². The Hall–Kier alpha value is 0.250. The Morgan fingerprint density at radius 2 is 1.71 bits per heavy atom. The van der Waals surface area contributed by atoms with Crippen LogP contribution in [0.15, 0.2) is 0 Å².